The smallest absolute Gasteiger partial charge is 0.337 e. The summed E-state index contributed by atoms with van der Waals surface area (Å²) in [6, 6.07) is 7.56. The normalized spacial score (nSPS) is 10.7. The lowest BCUT2D eigenvalue weighted by atomic mass is 10.1. The van der Waals surface area contributed by atoms with Crippen LogP contribution in [0.2, 0.25) is 0 Å². The van der Waals surface area contributed by atoms with E-state index in [2.05, 4.69) is 22.0 Å². The Hall–Kier alpha value is -1.39. The first-order valence-corrected chi connectivity index (χ1v) is 6.17. The molecule has 0 amide bonds. The molecule has 1 N–H and O–H groups in total. The third-order valence-corrected chi connectivity index (χ3v) is 2.79. The van der Waals surface area contributed by atoms with E-state index in [-0.39, 0.29) is 5.97 Å². The van der Waals surface area contributed by atoms with Crippen molar-refractivity contribution >= 4 is 5.97 Å². The summed E-state index contributed by atoms with van der Waals surface area (Å²) < 4.78 is 4.67. The van der Waals surface area contributed by atoms with Crippen LogP contribution >= 0.6 is 0 Å². The first kappa shape index (κ1) is 14.7. The van der Waals surface area contributed by atoms with Gasteiger partial charge < -0.3 is 15.0 Å². The maximum atomic E-state index is 11.3. The van der Waals surface area contributed by atoms with Gasteiger partial charge in [-0.1, -0.05) is 12.1 Å². The van der Waals surface area contributed by atoms with Crippen molar-refractivity contribution < 1.29 is 9.53 Å². The van der Waals surface area contributed by atoms with E-state index in [0.29, 0.717) is 5.56 Å². The monoisotopic (exact) mass is 250 g/mol. The molecule has 0 unspecified atom stereocenters. The number of nitrogens with one attached hydrogen (secondary N) is 1. The number of hydrogen-bond acceptors (Lipinski definition) is 4. The molecule has 0 saturated carbocycles. The van der Waals surface area contributed by atoms with Crippen LogP contribution in [0.15, 0.2) is 24.3 Å². The minimum absolute atomic E-state index is 0.288. The Morgan fingerprint density at radius 2 is 2.00 bits per heavy atom. The van der Waals surface area contributed by atoms with Crippen LogP contribution in [0.25, 0.3) is 0 Å². The molecule has 18 heavy (non-hydrogen) atoms. The lowest BCUT2D eigenvalue weighted by molar-refractivity contribution is 0.0600. The van der Waals surface area contributed by atoms with Gasteiger partial charge in [-0.3, -0.25) is 0 Å². The summed E-state index contributed by atoms with van der Waals surface area (Å²) in [6.07, 6.45) is 1.13. The molecular formula is C14H22N2O2. The van der Waals surface area contributed by atoms with Crippen LogP contribution in [0.1, 0.15) is 22.3 Å². The van der Waals surface area contributed by atoms with E-state index in [4.69, 9.17) is 0 Å². The second kappa shape index (κ2) is 7.84. The van der Waals surface area contributed by atoms with Crippen molar-refractivity contribution in [3.8, 4) is 0 Å². The molecule has 0 bridgehead atoms. The zero-order valence-electron chi connectivity index (χ0n) is 11.4. The molecule has 0 spiro atoms. The summed E-state index contributed by atoms with van der Waals surface area (Å²) in [5, 5.41) is 3.14. The largest absolute Gasteiger partial charge is 0.465 e. The Morgan fingerprint density at radius 3 is 2.56 bits per heavy atom. The van der Waals surface area contributed by atoms with Gasteiger partial charge in [0.05, 0.1) is 12.7 Å². The van der Waals surface area contributed by atoms with Crippen LogP contribution in [-0.2, 0) is 11.3 Å². The molecular weight excluding hydrogens is 228 g/mol. The average Bonchev–Trinajstić information content (AvgIpc) is 2.39. The maximum Gasteiger partial charge on any atom is 0.337 e. The van der Waals surface area contributed by atoms with Gasteiger partial charge in [-0.05, 0) is 51.3 Å². The maximum absolute atomic E-state index is 11.3. The number of benzene rings is 1. The van der Waals surface area contributed by atoms with Crippen molar-refractivity contribution in [2.24, 2.45) is 0 Å². The van der Waals surface area contributed by atoms with Gasteiger partial charge in [0.15, 0.2) is 0 Å². The van der Waals surface area contributed by atoms with E-state index in [1.807, 2.05) is 31.3 Å². The van der Waals surface area contributed by atoms with Gasteiger partial charge in [0.2, 0.25) is 0 Å². The zero-order valence-corrected chi connectivity index (χ0v) is 11.4. The minimum atomic E-state index is -0.288. The van der Waals surface area contributed by atoms with Crippen LogP contribution < -0.4 is 5.32 Å². The molecule has 0 fully saturated rings. The molecule has 1 aromatic rings. The van der Waals surface area contributed by atoms with E-state index in [0.717, 1.165) is 26.1 Å². The number of methoxy groups -OCH3 is 1. The molecule has 100 valence electrons. The second-order valence-electron chi connectivity index (χ2n) is 4.38. The highest BCUT2D eigenvalue weighted by molar-refractivity contribution is 5.89. The van der Waals surface area contributed by atoms with Crippen molar-refractivity contribution in [2.45, 2.75) is 13.0 Å². The van der Waals surface area contributed by atoms with Gasteiger partial charge in [-0.25, -0.2) is 4.79 Å². The molecule has 1 aromatic carbocycles. The highest BCUT2D eigenvalue weighted by Gasteiger charge is 2.05. The van der Waals surface area contributed by atoms with Gasteiger partial charge >= 0.3 is 5.97 Å². The van der Waals surface area contributed by atoms with E-state index in [9.17, 15) is 4.79 Å². The summed E-state index contributed by atoms with van der Waals surface area (Å²) in [5.74, 6) is -0.288. The molecule has 0 aliphatic carbocycles. The summed E-state index contributed by atoms with van der Waals surface area (Å²) >= 11 is 0. The second-order valence-corrected chi connectivity index (χ2v) is 4.38. The molecule has 4 nitrogen and oxygen atoms in total. The lowest BCUT2D eigenvalue weighted by Gasteiger charge is -2.16. The van der Waals surface area contributed by atoms with Crippen LogP contribution in [-0.4, -0.2) is 45.2 Å². The highest BCUT2D eigenvalue weighted by atomic mass is 16.5. The third kappa shape index (κ3) is 4.85. The Labute approximate surface area is 109 Å². The molecule has 0 saturated heterocycles. The predicted octanol–water partition coefficient (Wildman–Crippen LogP) is 1.51. The fourth-order valence-corrected chi connectivity index (χ4v) is 1.78. The molecule has 1 rings (SSSR count). The molecule has 0 aromatic heterocycles. The molecule has 0 aliphatic heterocycles. The van der Waals surface area contributed by atoms with Crippen molar-refractivity contribution in [2.75, 3.05) is 34.3 Å². The number of carbonyl (C=O) groups excluding carboxylic acids is 1. The summed E-state index contributed by atoms with van der Waals surface area (Å²) in [4.78, 5) is 13.6. The van der Waals surface area contributed by atoms with Gasteiger partial charge in [-0.15, -0.1) is 0 Å². The number of hydrogen-bond donors (Lipinski definition) is 1. The lowest BCUT2D eigenvalue weighted by Crippen LogP contribution is -2.22. The van der Waals surface area contributed by atoms with Gasteiger partial charge in [0.1, 0.15) is 0 Å². The van der Waals surface area contributed by atoms with Gasteiger partial charge in [-0.2, -0.15) is 0 Å². The Kier molecular flexibility index (Phi) is 6.39. The van der Waals surface area contributed by atoms with Gasteiger partial charge in [0.25, 0.3) is 0 Å². The van der Waals surface area contributed by atoms with Crippen molar-refractivity contribution in [3.63, 3.8) is 0 Å². The molecule has 4 heteroatoms. The fraction of sp³-hybridized carbons (Fsp3) is 0.500. The summed E-state index contributed by atoms with van der Waals surface area (Å²) in [5.41, 5.74) is 1.80. The quantitative estimate of drug-likeness (QED) is 0.588. The van der Waals surface area contributed by atoms with E-state index in [1.165, 1.54) is 12.7 Å². The number of nitrogens with zero attached hydrogens (tertiary/aromatic N) is 1. The van der Waals surface area contributed by atoms with Crippen molar-refractivity contribution in [1.29, 1.82) is 0 Å². The highest BCUT2D eigenvalue weighted by Crippen LogP contribution is 2.08. The third-order valence-electron chi connectivity index (χ3n) is 2.79. The SMILES string of the molecule is CNCCCN(C)Cc1ccc(C(=O)OC)cc1. The van der Waals surface area contributed by atoms with Crippen LogP contribution in [0.3, 0.4) is 0 Å². The van der Waals surface area contributed by atoms with Crippen molar-refractivity contribution in [1.82, 2.24) is 10.2 Å². The topological polar surface area (TPSA) is 41.6 Å². The summed E-state index contributed by atoms with van der Waals surface area (Å²) in [7, 11) is 5.46. The first-order chi connectivity index (χ1) is 8.67. The van der Waals surface area contributed by atoms with Gasteiger partial charge in [0, 0.05) is 6.54 Å². The summed E-state index contributed by atoms with van der Waals surface area (Å²) in [6.45, 7) is 2.98. The number of rotatable bonds is 7. The van der Waals surface area contributed by atoms with Crippen LogP contribution in [0, 0.1) is 0 Å². The van der Waals surface area contributed by atoms with E-state index < -0.39 is 0 Å². The average molecular weight is 250 g/mol. The Morgan fingerprint density at radius 1 is 1.33 bits per heavy atom. The number of carbonyl (C=O) groups is 1. The Bertz CT molecular complexity index is 363. The molecule has 0 atom stereocenters. The molecule has 0 radical (unpaired) electrons. The number of esters is 1. The standard InChI is InChI=1S/C14H22N2O2/c1-15-9-4-10-16(2)11-12-5-7-13(8-6-12)14(17)18-3/h5-8,15H,4,9-11H2,1-3H3. The van der Waals surface area contributed by atoms with Crippen LogP contribution in [0.5, 0.6) is 0 Å². The zero-order chi connectivity index (χ0) is 13.4. The van der Waals surface area contributed by atoms with E-state index in [1.54, 1.807) is 0 Å². The first-order valence-electron chi connectivity index (χ1n) is 6.17. The van der Waals surface area contributed by atoms with Crippen LogP contribution in [0.4, 0.5) is 0 Å². The molecule has 0 heterocycles. The fourth-order valence-electron chi connectivity index (χ4n) is 1.78. The minimum Gasteiger partial charge on any atom is -0.465 e. The Balaban J connectivity index is 2.45. The number of ether oxygens (including phenoxy) is 1. The van der Waals surface area contributed by atoms with Crippen molar-refractivity contribution in [3.05, 3.63) is 35.4 Å². The van der Waals surface area contributed by atoms with E-state index >= 15 is 0 Å². The predicted molar refractivity (Wildman–Crippen MR) is 72.7 cm³/mol. The molecule has 0 aliphatic rings.